The fourth-order valence-corrected chi connectivity index (χ4v) is 9.78. The summed E-state index contributed by atoms with van der Waals surface area (Å²) in [4.78, 5) is 60.5. The number of aliphatic hydroxyl groups excluding tert-OH is 1. The van der Waals surface area contributed by atoms with E-state index >= 15 is 0 Å². The maximum absolute atomic E-state index is 14.9. The molecule has 59 heavy (non-hydrogen) atoms. The summed E-state index contributed by atoms with van der Waals surface area (Å²) < 4.78 is 38.3. The van der Waals surface area contributed by atoms with Gasteiger partial charge in [-0.25, -0.2) is 4.79 Å². The number of carbonyl (C=O) groups is 4. The molecule has 14 atom stereocenters. The molecule has 0 radical (unpaired) electrons. The first-order chi connectivity index (χ1) is 27.6. The molecule has 3 fully saturated rings. The zero-order valence-electron chi connectivity index (χ0n) is 37.6. The van der Waals surface area contributed by atoms with Crippen molar-refractivity contribution in [3.8, 4) is 0 Å². The van der Waals surface area contributed by atoms with E-state index in [-0.39, 0.29) is 49.7 Å². The van der Waals surface area contributed by atoms with Crippen molar-refractivity contribution in [2.75, 3.05) is 27.2 Å². The lowest BCUT2D eigenvalue weighted by atomic mass is 9.73. The number of Topliss-reactive ketones (excluding diaryl/α,β-unsaturated/α-hetero) is 1. The number of hydrogen-bond acceptors (Lipinski definition) is 12. The lowest BCUT2D eigenvalue weighted by molar-refractivity contribution is -0.302. The van der Waals surface area contributed by atoms with Crippen LogP contribution in [0.15, 0.2) is 24.3 Å². The zero-order valence-corrected chi connectivity index (χ0v) is 38.3. The number of esters is 2. The Hall–Kier alpha value is -2.81. The van der Waals surface area contributed by atoms with Crippen LogP contribution in [0, 0.1) is 29.6 Å². The minimum absolute atomic E-state index is 0.0236. The first-order valence-corrected chi connectivity index (χ1v) is 21.9. The van der Waals surface area contributed by atoms with Gasteiger partial charge in [0.2, 0.25) is 0 Å². The van der Waals surface area contributed by atoms with Crippen molar-refractivity contribution in [2.24, 2.45) is 29.6 Å². The predicted octanol–water partition coefficient (Wildman–Crippen LogP) is 6.87. The van der Waals surface area contributed by atoms with Gasteiger partial charge in [0.05, 0.1) is 29.8 Å². The molecule has 1 N–H and O–H groups in total. The topological polar surface area (TPSA) is 150 Å². The third-order valence-corrected chi connectivity index (χ3v) is 13.4. The van der Waals surface area contributed by atoms with E-state index in [2.05, 4.69) is 4.90 Å². The summed E-state index contributed by atoms with van der Waals surface area (Å²) in [6.07, 6.45) is -4.52. The number of methoxy groups -OCH3 is 1. The molecule has 4 rings (SSSR count). The van der Waals surface area contributed by atoms with Crippen LogP contribution in [-0.2, 0) is 49.2 Å². The lowest BCUT2D eigenvalue weighted by Gasteiger charge is -2.48. The van der Waals surface area contributed by atoms with Crippen LogP contribution in [0.4, 0.5) is 4.79 Å². The number of carbonyl (C=O) groups excluding carboxylic acids is 4. The van der Waals surface area contributed by atoms with Gasteiger partial charge in [-0.15, -0.1) is 0 Å². The van der Waals surface area contributed by atoms with Gasteiger partial charge >= 0.3 is 18.0 Å². The average molecular weight is 852 g/mol. The number of hydrogen-bond donors (Lipinski definition) is 1. The summed E-state index contributed by atoms with van der Waals surface area (Å²) in [7, 11) is 3.47. The van der Waals surface area contributed by atoms with Gasteiger partial charge in [0.1, 0.15) is 24.1 Å². The van der Waals surface area contributed by atoms with Gasteiger partial charge in [0.15, 0.2) is 11.9 Å². The van der Waals surface area contributed by atoms with E-state index in [4.69, 9.17) is 40.0 Å². The number of amides is 1. The highest BCUT2D eigenvalue weighted by Gasteiger charge is 2.60. The number of rotatable bonds is 12. The number of benzene rings is 1. The number of ketones is 1. The van der Waals surface area contributed by atoms with Crippen LogP contribution in [0.5, 0.6) is 0 Å². The number of ether oxygens (including phenoxy) is 6. The van der Waals surface area contributed by atoms with Crippen molar-refractivity contribution < 1.29 is 52.7 Å². The second kappa shape index (κ2) is 20.4. The first-order valence-electron chi connectivity index (χ1n) is 21.5. The van der Waals surface area contributed by atoms with Gasteiger partial charge < -0.3 is 38.4 Å². The molecule has 0 bridgehead atoms. The van der Waals surface area contributed by atoms with Crippen LogP contribution in [-0.4, -0.2) is 126 Å². The SMILES string of the molecule is CC[C@H]1OC(=O)[C@H](C)[C@@H](OC(=O)CC(C)C)[C@H](C)[C@@H](O[C@@H]2O[C@H](C)C[C@H](N(C)CC)[C@H]2O)[C@@](C)(OC)C[C@@H](C)C(=O)[C@@H](C)[C@H]2N(CCc3ccc(Cl)cc3)C(=O)O[C@]12C. The summed E-state index contributed by atoms with van der Waals surface area (Å²) in [5, 5.41) is 12.4. The molecule has 13 nitrogen and oxygen atoms in total. The first kappa shape index (κ1) is 48.9. The van der Waals surface area contributed by atoms with E-state index in [9.17, 15) is 24.3 Å². The molecule has 3 saturated heterocycles. The van der Waals surface area contributed by atoms with Gasteiger partial charge in [0.25, 0.3) is 0 Å². The van der Waals surface area contributed by atoms with Crippen molar-refractivity contribution in [3.63, 3.8) is 0 Å². The zero-order chi connectivity index (χ0) is 44.1. The van der Waals surface area contributed by atoms with E-state index in [0.717, 1.165) is 5.56 Å². The number of halogens is 1. The highest BCUT2D eigenvalue weighted by Crippen LogP contribution is 2.44. The minimum atomic E-state index is -1.42. The molecule has 1 amide bonds. The molecular formula is C45H71ClN2O11. The Balaban J connectivity index is 1.85. The fourth-order valence-electron chi connectivity index (χ4n) is 9.65. The smallest absolute Gasteiger partial charge is 0.410 e. The van der Waals surface area contributed by atoms with E-state index in [1.165, 1.54) is 7.11 Å². The Kier molecular flexibility index (Phi) is 16.9. The Bertz CT molecular complexity index is 1600. The predicted molar refractivity (Wildman–Crippen MR) is 224 cm³/mol. The van der Waals surface area contributed by atoms with Crippen molar-refractivity contribution in [1.82, 2.24) is 9.80 Å². The summed E-state index contributed by atoms with van der Waals surface area (Å²) in [6.45, 7) is 21.2. The molecule has 1 aromatic carbocycles. The maximum atomic E-state index is 14.9. The van der Waals surface area contributed by atoms with Gasteiger partial charge in [-0.1, -0.05) is 72.2 Å². The van der Waals surface area contributed by atoms with Crippen LogP contribution in [0.3, 0.4) is 0 Å². The van der Waals surface area contributed by atoms with Crippen LogP contribution in [0.2, 0.25) is 5.02 Å². The molecule has 3 aliphatic rings. The fraction of sp³-hybridized carbons (Fsp3) is 0.778. The maximum Gasteiger partial charge on any atom is 0.410 e. The molecule has 1 aromatic rings. The second-order valence-electron chi connectivity index (χ2n) is 18.2. The largest absolute Gasteiger partial charge is 0.461 e. The summed E-state index contributed by atoms with van der Waals surface area (Å²) in [5.41, 5.74) is -1.73. The second-order valence-corrected chi connectivity index (χ2v) is 18.6. The van der Waals surface area contributed by atoms with Crippen molar-refractivity contribution in [1.29, 1.82) is 0 Å². The van der Waals surface area contributed by atoms with Crippen LogP contribution >= 0.6 is 11.6 Å². The van der Waals surface area contributed by atoms with Crippen molar-refractivity contribution in [3.05, 3.63) is 34.9 Å². The summed E-state index contributed by atoms with van der Waals surface area (Å²) >= 11 is 6.14. The molecule has 0 aromatic heterocycles. The average Bonchev–Trinajstić information content (AvgIpc) is 3.45. The molecule has 3 heterocycles. The molecular weight excluding hydrogens is 780 g/mol. The van der Waals surface area contributed by atoms with Gasteiger partial charge in [0, 0.05) is 48.9 Å². The highest BCUT2D eigenvalue weighted by molar-refractivity contribution is 6.30. The van der Waals surface area contributed by atoms with Gasteiger partial charge in [-0.05, 0) is 90.6 Å². The Morgan fingerprint density at radius 3 is 2.27 bits per heavy atom. The van der Waals surface area contributed by atoms with E-state index in [0.29, 0.717) is 24.4 Å². The monoisotopic (exact) mass is 850 g/mol. The van der Waals surface area contributed by atoms with Crippen LogP contribution < -0.4 is 0 Å². The van der Waals surface area contributed by atoms with Gasteiger partial charge in [-0.2, -0.15) is 0 Å². The third kappa shape index (κ3) is 11.0. The van der Waals surface area contributed by atoms with Crippen molar-refractivity contribution >= 4 is 35.4 Å². The molecule has 0 spiro atoms. The molecule has 3 aliphatic heterocycles. The van der Waals surface area contributed by atoms with E-state index in [1.54, 1.807) is 37.8 Å². The molecule has 14 heteroatoms. The molecule has 334 valence electrons. The minimum Gasteiger partial charge on any atom is -0.461 e. The highest BCUT2D eigenvalue weighted by atomic mass is 35.5. The lowest BCUT2D eigenvalue weighted by Crippen LogP contribution is -2.61. The normalized spacial score (nSPS) is 37.5. The number of nitrogens with zero attached hydrogens (tertiary/aromatic N) is 2. The number of fused-ring (bicyclic) bond motifs is 1. The number of aliphatic hydroxyl groups is 1. The molecule has 0 unspecified atom stereocenters. The summed E-state index contributed by atoms with van der Waals surface area (Å²) in [5.74, 6) is -4.54. The van der Waals surface area contributed by atoms with E-state index in [1.807, 2.05) is 74.6 Å². The quantitative estimate of drug-likeness (QED) is 0.173. The number of likely N-dealkylation sites (N-methyl/N-ethyl adjacent to an activating group) is 1. The van der Waals surface area contributed by atoms with Crippen LogP contribution in [0.25, 0.3) is 0 Å². The Morgan fingerprint density at radius 2 is 1.69 bits per heavy atom. The summed E-state index contributed by atoms with van der Waals surface area (Å²) in [6, 6.07) is 6.27. The standard InChI is InChI=1S/C45H71ClN2O11/c1-14-34-45(11)39(48(43(53)59-45)21-20-31-16-18-32(46)19-17-31)28(7)36(50)26(5)24-44(10,54-13)40(58-42-37(51)33(47(12)15-2)23-27(6)55-42)29(8)38(30(9)41(52)56-34)57-35(49)22-25(3)4/h16-19,25-30,33-34,37-40,42,51H,14-15,20-24H2,1-13H3/t26-,27-,28-,29+,30-,33+,34-,37-,38+,39-,40-,42+,44+,45-/m1/s1. The number of cyclic esters (lactones) is 1. The Morgan fingerprint density at radius 1 is 1.05 bits per heavy atom. The molecule has 0 saturated carbocycles. The third-order valence-electron chi connectivity index (χ3n) is 13.1. The molecule has 0 aliphatic carbocycles. The van der Waals surface area contributed by atoms with Crippen molar-refractivity contribution in [2.45, 2.75) is 168 Å². The van der Waals surface area contributed by atoms with Crippen LogP contribution in [0.1, 0.15) is 107 Å². The van der Waals surface area contributed by atoms with E-state index < -0.39 is 89.7 Å². The Labute approximate surface area is 357 Å². The van der Waals surface area contributed by atoms with Gasteiger partial charge in [-0.3, -0.25) is 19.3 Å².